The summed E-state index contributed by atoms with van der Waals surface area (Å²) in [4.78, 5) is 31.2. The van der Waals surface area contributed by atoms with E-state index >= 15 is 0 Å². The number of nitrogens with zero attached hydrogens (tertiary/aromatic N) is 1. The van der Waals surface area contributed by atoms with Gasteiger partial charge < -0.3 is 10.1 Å². The van der Waals surface area contributed by atoms with E-state index in [9.17, 15) is 9.59 Å². The molecule has 0 saturated carbocycles. The van der Waals surface area contributed by atoms with Gasteiger partial charge in [0, 0.05) is 16.0 Å². The summed E-state index contributed by atoms with van der Waals surface area (Å²) in [5.74, 6) is -0.264. The van der Waals surface area contributed by atoms with Crippen molar-refractivity contribution in [2.75, 3.05) is 6.61 Å². The molecule has 29 heavy (non-hydrogen) atoms. The van der Waals surface area contributed by atoms with Gasteiger partial charge in [-0.2, -0.15) is 0 Å². The number of fused-ring (bicyclic) bond motifs is 2. The Labute approximate surface area is 174 Å². The predicted octanol–water partition coefficient (Wildman–Crippen LogP) is 4.46. The van der Waals surface area contributed by atoms with Gasteiger partial charge in [-0.15, -0.1) is 11.3 Å². The lowest BCUT2D eigenvalue weighted by Gasteiger charge is -2.24. The van der Waals surface area contributed by atoms with Crippen LogP contribution in [0.2, 0.25) is 0 Å². The fourth-order valence-electron chi connectivity index (χ4n) is 3.89. The molecular formula is C23H24N2O3S. The van der Waals surface area contributed by atoms with Crippen LogP contribution < -0.4 is 5.32 Å². The Kier molecular flexibility index (Phi) is 5.62. The van der Waals surface area contributed by atoms with Crippen LogP contribution in [0.25, 0.3) is 10.9 Å². The van der Waals surface area contributed by atoms with E-state index in [2.05, 4.69) is 12.2 Å². The van der Waals surface area contributed by atoms with Gasteiger partial charge in [-0.3, -0.25) is 9.78 Å². The molecule has 1 aliphatic carbocycles. The van der Waals surface area contributed by atoms with Crippen LogP contribution in [-0.4, -0.2) is 23.5 Å². The summed E-state index contributed by atoms with van der Waals surface area (Å²) >= 11 is 1.58. The molecule has 0 saturated heterocycles. The van der Waals surface area contributed by atoms with Gasteiger partial charge in [-0.05, 0) is 55.2 Å². The standard InChI is InChI=1S/C23H24N2O3S/c1-14-9-10-19-17(12-14)22(16-6-3-4-7-18(16)25-19)23(27)28-13-21(26)24-15(2)20-8-5-11-29-20/h3-8,11,14-15H,9-10,12-13H2,1-2H3,(H,24,26)/t14-,15-/m1/s1. The maximum atomic E-state index is 13.0. The first-order valence-electron chi connectivity index (χ1n) is 9.93. The van der Waals surface area contributed by atoms with Crippen molar-refractivity contribution < 1.29 is 14.3 Å². The minimum atomic E-state index is -0.451. The molecule has 0 radical (unpaired) electrons. The monoisotopic (exact) mass is 408 g/mol. The van der Waals surface area contributed by atoms with Crippen LogP contribution in [0.1, 0.15) is 52.8 Å². The topological polar surface area (TPSA) is 68.3 Å². The first-order chi connectivity index (χ1) is 14.0. The van der Waals surface area contributed by atoms with Crippen LogP contribution in [-0.2, 0) is 22.4 Å². The molecule has 0 spiro atoms. The number of amides is 1. The molecule has 2 heterocycles. The molecule has 3 aromatic rings. The lowest BCUT2D eigenvalue weighted by molar-refractivity contribution is -0.124. The number of para-hydroxylation sites is 1. The van der Waals surface area contributed by atoms with E-state index in [1.807, 2.05) is 48.7 Å². The van der Waals surface area contributed by atoms with Crippen molar-refractivity contribution in [1.82, 2.24) is 10.3 Å². The zero-order chi connectivity index (χ0) is 20.4. The number of aromatic nitrogens is 1. The Balaban J connectivity index is 1.54. The van der Waals surface area contributed by atoms with Crippen LogP contribution in [0.3, 0.4) is 0 Å². The van der Waals surface area contributed by atoms with E-state index in [0.29, 0.717) is 11.5 Å². The Morgan fingerprint density at radius 2 is 2.10 bits per heavy atom. The highest BCUT2D eigenvalue weighted by Crippen LogP contribution is 2.32. The molecule has 4 rings (SSSR count). The highest BCUT2D eigenvalue weighted by molar-refractivity contribution is 7.10. The van der Waals surface area contributed by atoms with Crippen molar-refractivity contribution in [1.29, 1.82) is 0 Å². The summed E-state index contributed by atoms with van der Waals surface area (Å²) in [5, 5.41) is 5.64. The molecule has 1 N–H and O–H groups in total. The van der Waals surface area contributed by atoms with Gasteiger partial charge in [0.1, 0.15) is 0 Å². The second-order valence-corrected chi connectivity index (χ2v) is 8.64. The minimum Gasteiger partial charge on any atom is -0.452 e. The molecule has 5 nitrogen and oxygen atoms in total. The number of nitrogens with one attached hydrogen (secondary N) is 1. The van der Waals surface area contributed by atoms with Gasteiger partial charge in [0.2, 0.25) is 0 Å². The summed E-state index contributed by atoms with van der Waals surface area (Å²) < 4.78 is 5.44. The first kappa shape index (κ1) is 19.6. The van der Waals surface area contributed by atoms with Gasteiger partial charge in [-0.25, -0.2) is 4.79 Å². The van der Waals surface area contributed by atoms with Crippen molar-refractivity contribution in [2.24, 2.45) is 5.92 Å². The third-order valence-corrected chi connectivity index (χ3v) is 6.45. The lowest BCUT2D eigenvalue weighted by atomic mass is 9.84. The molecule has 0 fully saturated rings. The molecule has 0 aliphatic heterocycles. The summed E-state index contributed by atoms with van der Waals surface area (Å²) in [7, 11) is 0. The zero-order valence-corrected chi connectivity index (χ0v) is 17.4. The highest BCUT2D eigenvalue weighted by Gasteiger charge is 2.26. The number of hydrogen-bond acceptors (Lipinski definition) is 5. The molecule has 1 amide bonds. The number of benzene rings is 1. The van der Waals surface area contributed by atoms with Gasteiger partial charge in [0.25, 0.3) is 5.91 Å². The second kappa shape index (κ2) is 8.33. The number of pyridine rings is 1. The average molecular weight is 409 g/mol. The Morgan fingerprint density at radius 3 is 2.90 bits per heavy atom. The molecule has 2 atom stereocenters. The van der Waals surface area contributed by atoms with Crippen LogP contribution in [0.15, 0.2) is 41.8 Å². The quantitative estimate of drug-likeness (QED) is 0.633. The summed E-state index contributed by atoms with van der Waals surface area (Å²) in [6.45, 7) is 3.81. The molecule has 2 aromatic heterocycles. The van der Waals surface area contributed by atoms with Crippen molar-refractivity contribution in [2.45, 2.75) is 39.2 Å². The smallest absolute Gasteiger partial charge is 0.339 e. The Bertz CT molecular complexity index is 1050. The summed E-state index contributed by atoms with van der Waals surface area (Å²) in [6, 6.07) is 11.4. The van der Waals surface area contributed by atoms with Crippen LogP contribution in [0.4, 0.5) is 0 Å². The van der Waals surface area contributed by atoms with E-state index in [0.717, 1.165) is 46.3 Å². The van der Waals surface area contributed by atoms with Crippen molar-refractivity contribution in [3.8, 4) is 0 Å². The molecule has 1 aromatic carbocycles. The molecule has 6 heteroatoms. The van der Waals surface area contributed by atoms with Crippen molar-refractivity contribution in [3.05, 3.63) is 63.5 Å². The zero-order valence-electron chi connectivity index (χ0n) is 16.6. The number of carbonyl (C=O) groups is 2. The fraction of sp³-hybridized carbons (Fsp3) is 0.348. The first-order valence-corrected chi connectivity index (χ1v) is 10.8. The number of hydrogen-bond donors (Lipinski definition) is 1. The van der Waals surface area contributed by atoms with Crippen LogP contribution in [0, 0.1) is 5.92 Å². The normalized spacial score (nSPS) is 16.8. The van der Waals surface area contributed by atoms with E-state index in [4.69, 9.17) is 9.72 Å². The van der Waals surface area contributed by atoms with E-state index < -0.39 is 5.97 Å². The Hall–Kier alpha value is -2.73. The van der Waals surface area contributed by atoms with Crippen LogP contribution >= 0.6 is 11.3 Å². The molecule has 1 aliphatic rings. The fourth-order valence-corrected chi connectivity index (χ4v) is 4.63. The van der Waals surface area contributed by atoms with Crippen LogP contribution in [0.5, 0.6) is 0 Å². The summed E-state index contributed by atoms with van der Waals surface area (Å²) in [5.41, 5.74) is 3.31. The van der Waals surface area contributed by atoms with E-state index in [-0.39, 0.29) is 18.6 Å². The number of aryl methyl sites for hydroxylation is 1. The van der Waals surface area contributed by atoms with Gasteiger partial charge in [0.15, 0.2) is 6.61 Å². The molecule has 0 bridgehead atoms. The lowest BCUT2D eigenvalue weighted by Crippen LogP contribution is -2.31. The van der Waals surface area contributed by atoms with Gasteiger partial charge >= 0.3 is 5.97 Å². The molecule has 0 unspecified atom stereocenters. The van der Waals surface area contributed by atoms with E-state index in [1.54, 1.807) is 11.3 Å². The predicted molar refractivity (Wildman–Crippen MR) is 114 cm³/mol. The van der Waals surface area contributed by atoms with Gasteiger partial charge in [0.05, 0.1) is 17.1 Å². The van der Waals surface area contributed by atoms with Crippen molar-refractivity contribution in [3.63, 3.8) is 0 Å². The highest BCUT2D eigenvalue weighted by atomic mass is 32.1. The number of rotatable bonds is 5. The number of carbonyl (C=O) groups excluding carboxylic acids is 2. The molecule has 150 valence electrons. The van der Waals surface area contributed by atoms with Crippen molar-refractivity contribution >= 4 is 34.1 Å². The maximum Gasteiger partial charge on any atom is 0.339 e. The minimum absolute atomic E-state index is 0.114. The number of ether oxygens (including phenoxy) is 1. The third kappa shape index (κ3) is 4.17. The summed E-state index contributed by atoms with van der Waals surface area (Å²) in [6.07, 6.45) is 2.73. The van der Waals surface area contributed by atoms with Gasteiger partial charge in [-0.1, -0.05) is 31.2 Å². The largest absolute Gasteiger partial charge is 0.452 e. The van der Waals surface area contributed by atoms with E-state index in [1.165, 1.54) is 0 Å². The number of esters is 1. The third-order valence-electron chi connectivity index (χ3n) is 5.39. The second-order valence-electron chi connectivity index (χ2n) is 7.66. The SMILES string of the molecule is C[C@@H]1CCc2nc3ccccc3c(C(=O)OCC(=O)N[C@H](C)c3cccs3)c2C1. The maximum absolute atomic E-state index is 13.0. The molecular weight excluding hydrogens is 384 g/mol. The Morgan fingerprint density at radius 1 is 1.28 bits per heavy atom. The number of thiophene rings is 1. The average Bonchev–Trinajstić information content (AvgIpc) is 3.25.